The first-order valence-corrected chi connectivity index (χ1v) is 6.00. The van der Waals surface area contributed by atoms with Crippen molar-refractivity contribution in [3.05, 3.63) is 35.4 Å². The number of carboxylic acid groups (broad SMARTS) is 1. The van der Waals surface area contributed by atoms with Gasteiger partial charge in [-0.3, -0.25) is 4.79 Å². The molecule has 0 aliphatic rings. The number of nitrogens with two attached hydrogens (primary N) is 1. The largest absolute Gasteiger partial charge is 0.481 e. The molecule has 0 aromatic heterocycles. The Labute approximate surface area is 108 Å². The van der Waals surface area contributed by atoms with E-state index in [1.54, 1.807) is 7.11 Å². The highest BCUT2D eigenvalue weighted by atomic mass is 16.5. The zero-order valence-electron chi connectivity index (χ0n) is 11.1. The lowest BCUT2D eigenvalue weighted by molar-refractivity contribution is -0.137. The molecule has 18 heavy (non-hydrogen) atoms. The lowest BCUT2D eigenvalue weighted by Gasteiger charge is -2.28. The summed E-state index contributed by atoms with van der Waals surface area (Å²) >= 11 is 0. The van der Waals surface area contributed by atoms with Crippen LogP contribution in [0.1, 0.15) is 43.9 Å². The molecule has 4 heteroatoms. The summed E-state index contributed by atoms with van der Waals surface area (Å²) < 4.78 is 5.47. The maximum atomic E-state index is 10.6. The number of carboxylic acids is 1. The van der Waals surface area contributed by atoms with E-state index in [1.807, 2.05) is 38.1 Å². The molecule has 1 rings (SSSR count). The van der Waals surface area contributed by atoms with Crippen LogP contribution in [0.15, 0.2) is 24.3 Å². The SMILES string of the molecule is COC(C)(C)c1ccccc1C(N)CCC(=O)O. The van der Waals surface area contributed by atoms with Crippen LogP contribution >= 0.6 is 0 Å². The minimum absolute atomic E-state index is 0.0723. The number of methoxy groups -OCH3 is 1. The van der Waals surface area contributed by atoms with Crippen molar-refractivity contribution in [2.45, 2.75) is 38.3 Å². The first-order chi connectivity index (χ1) is 8.38. The average Bonchev–Trinajstić information content (AvgIpc) is 2.36. The van der Waals surface area contributed by atoms with Crippen LogP contribution in [0.2, 0.25) is 0 Å². The standard InChI is InChI=1S/C14H21NO3/c1-14(2,18-3)11-7-5-4-6-10(11)12(15)8-9-13(16)17/h4-7,12H,8-9,15H2,1-3H3,(H,16,17). The molecule has 1 aromatic rings. The van der Waals surface area contributed by atoms with Crippen LogP contribution in [-0.2, 0) is 15.1 Å². The molecule has 0 aliphatic carbocycles. The Hall–Kier alpha value is -1.39. The molecule has 0 heterocycles. The van der Waals surface area contributed by atoms with Gasteiger partial charge in [0.25, 0.3) is 0 Å². The van der Waals surface area contributed by atoms with Crippen LogP contribution in [0, 0.1) is 0 Å². The fourth-order valence-electron chi connectivity index (χ4n) is 1.91. The van der Waals surface area contributed by atoms with Gasteiger partial charge in [0.1, 0.15) is 0 Å². The van der Waals surface area contributed by atoms with Crippen molar-refractivity contribution in [2.24, 2.45) is 5.73 Å². The zero-order valence-corrected chi connectivity index (χ0v) is 11.1. The summed E-state index contributed by atoms with van der Waals surface area (Å²) in [5.74, 6) is -0.825. The number of hydrogen-bond donors (Lipinski definition) is 2. The Morgan fingerprint density at radius 3 is 2.61 bits per heavy atom. The summed E-state index contributed by atoms with van der Waals surface area (Å²) in [4.78, 5) is 10.6. The quantitative estimate of drug-likeness (QED) is 0.814. The Kier molecular flexibility index (Phi) is 4.87. The molecule has 1 aromatic carbocycles. The van der Waals surface area contributed by atoms with Crippen molar-refractivity contribution in [1.29, 1.82) is 0 Å². The predicted octanol–water partition coefficient (Wildman–Crippen LogP) is 2.43. The van der Waals surface area contributed by atoms with Gasteiger partial charge >= 0.3 is 5.97 Å². The van der Waals surface area contributed by atoms with Gasteiger partial charge in [-0.1, -0.05) is 24.3 Å². The molecule has 0 saturated heterocycles. The topological polar surface area (TPSA) is 72.5 Å². The second-order valence-electron chi connectivity index (χ2n) is 4.84. The Morgan fingerprint density at radius 2 is 2.06 bits per heavy atom. The summed E-state index contributed by atoms with van der Waals surface area (Å²) in [7, 11) is 1.65. The van der Waals surface area contributed by atoms with Crippen molar-refractivity contribution in [1.82, 2.24) is 0 Å². The number of hydrogen-bond acceptors (Lipinski definition) is 3. The van der Waals surface area contributed by atoms with Crippen molar-refractivity contribution < 1.29 is 14.6 Å². The first kappa shape index (κ1) is 14.7. The molecule has 0 fully saturated rings. The smallest absolute Gasteiger partial charge is 0.303 e. The fourth-order valence-corrected chi connectivity index (χ4v) is 1.91. The summed E-state index contributed by atoms with van der Waals surface area (Å²) in [6.45, 7) is 3.94. The first-order valence-electron chi connectivity index (χ1n) is 6.00. The third-order valence-corrected chi connectivity index (χ3v) is 3.19. The molecule has 100 valence electrons. The normalized spacial score (nSPS) is 13.3. The maximum Gasteiger partial charge on any atom is 0.303 e. The summed E-state index contributed by atoms with van der Waals surface area (Å²) in [5, 5.41) is 8.70. The maximum absolute atomic E-state index is 10.6. The third-order valence-electron chi connectivity index (χ3n) is 3.19. The highest BCUT2D eigenvalue weighted by molar-refractivity contribution is 5.66. The second kappa shape index (κ2) is 5.98. The number of benzene rings is 1. The van der Waals surface area contributed by atoms with Crippen molar-refractivity contribution in [3.63, 3.8) is 0 Å². The van der Waals surface area contributed by atoms with Crippen LogP contribution in [0.4, 0.5) is 0 Å². The number of aliphatic carboxylic acids is 1. The van der Waals surface area contributed by atoms with Gasteiger partial charge in [-0.05, 0) is 31.4 Å². The van der Waals surface area contributed by atoms with Gasteiger partial charge in [0.05, 0.1) is 5.60 Å². The number of rotatable bonds is 6. The van der Waals surface area contributed by atoms with Crippen LogP contribution in [0.5, 0.6) is 0 Å². The third kappa shape index (κ3) is 3.55. The highest BCUT2D eigenvalue weighted by Gasteiger charge is 2.24. The van der Waals surface area contributed by atoms with Crippen molar-refractivity contribution >= 4 is 5.97 Å². The van der Waals surface area contributed by atoms with E-state index in [1.165, 1.54) is 0 Å². The van der Waals surface area contributed by atoms with E-state index in [-0.39, 0.29) is 12.5 Å². The van der Waals surface area contributed by atoms with Gasteiger partial charge in [0, 0.05) is 19.6 Å². The van der Waals surface area contributed by atoms with Crippen LogP contribution in [0.25, 0.3) is 0 Å². The monoisotopic (exact) mass is 251 g/mol. The Bertz CT molecular complexity index is 415. The lowest BCUT2D eigenvalue weighted by atomic mass is 9.88. The Morgan fingerprint density at radius 1 is 1.44 bits per heavy atom. The molecular weight excluding hydrogens is 230 g/mol. The highest BCUT2D eigenvalue weighted by Crippen LogP contribution is 2.31. The lowest BCUT2D eigenvalue weighted by Crippen LogP contribution is -2.24. The molecule has 0 spiro atoms. The van der Waals surface area contributed by atoms with E-state index in [2.05, 4.69) is 0 Å². The molecule has 1 atom stereocenters. The summed E-state index contributed by atoms with van der Waals surface area (Å²) in [6, 6.07) is 7.46. The van der Waals surface area contributed by atoms with E-state index in [9.17, 15) is 4.79 Å². The summed E-state index contributed by atoms with van der Waals surface area (Å²) in [5.41, 5.74) is 7.60. The fraction of sp³-hybridized carbons (Fsp3) is 0.500. The minimum Gasteiger partial charge on any atom is -0.481 e. The van der Waals surface area contributed by atoms with Gasteiger partial charge in [-0.2, -0.15) is 0 Å². The van der Waals surface area contributed by atoms with E-state index < -0.39 is 11.6 Å². The molecule has 0 saturated carbocycles. The van der Waals surface area contributed by atoms with Crippen LogP contribution in [-0.4, -0.2) is 18.2 Å². The second-order valence-corrected chi connectivity index (χ2v) is 4.84. The summed E-state index contributed by atoms with van der Waals surface area (Å²) in [6.07, 6.45) is 0.495. The molecule has 4 nitrogen and oxygen atoms in total. The molecule has 0 aliphatic heterocycles. The van der Waals surface area contributed by atoms with Crippen molar-refractivity contribution in [2.75, 3.05) is 7.11 Å². The van der Waals surface area contributed by atoms with Gasteiger partial charge in [-0.15, -0.1) is 0 Å². The molecule has 0 radical (unpaired) electrons. The van der Waals surface area contributed by atoms with Gasteiger partial charge in [0.15, 0.2) is 0 Å². The van der Waals surface area contributed by atoms with Crippen LogP contribution < -0.4 is 5.73 Å². The van der Waals surface area contributed by atoms with Gasteiger partial charge in [-0.25, -0.2) is 0 Å². The van der Waals surface area contributed by atoms with E-state index in [0.29, 0.717) is 6.42 Å². The zero-order chi connectivity index (χ0) is 13.8. The molecule has 0 bridgehead atoms. The number of carbonyl (C=O) groups is 1. The van der Waals surface area contributed by atoms with E-state index in [0.717, 1.165) is 11.1 Å². The average molecular weight is 251 g/mol. The van der Waals surface area contributed by atoms with E-state index >= 15 is 0 Å². The predicted molar refractivity (Wildman–Crippen MR) is 70.3 cm³/mol. The van der Waals surface area contributed by atoms with Crippen molar-refractivity contribution in [3.8, 4) is 0 Å². The molecular formula is C14H21NO3. The molecule has 1 unspecified atom stereocenters. The van der Waals surface area contributed by atoms with Crippen LogP contribution in [0.3, 0.4) is 0 Å². The van der Waals surface area contributed by atoms with Gasteiger partial charge < -0.3 is 15.6 Å². The molecule has 0 amide bonds. The minimum atomic E-state index is -0.825. The number of ether oxygens (including phenoxy) is 1. The van der Waals surface area contributed by atoms with Gasteiger partial charge in [0.2, 0.25) is 0 Å². The molecule has 3 N–H and O–H groups in total. The Balaban J connectivity index is 2.98. The van der Waals surface area contributed by atoms with E-state index in [4.69, 9.17) is 15.6 Å².